The van der Waals surface area contributed by atoms with Gasteiger partial charge in [0.1, 0.15) is 24.7 Å². The molecule has 0 spiro atoms. The summed E-state index contributed by atoms with van der Waals surface area (Å²) in [6.07, 6.45) is 0.0185. The summed E-state index contributed by atoms with van der Waals surface area (Å²) in [5, 5.41) is 0. The number of hydrogen-bond acceptors (Lipinski definition) is 2. The van der Waals surface area contributed by atoms with Crippen molar-refractivity contribution >= 4 is 42.6 Å². The van der Waals surface area contributed by atoms with E-state index in [2.05, 4.69) is 68.0 Å². The highest BCUT2D eigenvalue weighted by molar-refractivity contribution is 7.17. The lowest BCUT2D eigenvalue weighted by atomic mass is 10.2. The lowest BCUT2D eigenvalue weighted by Crippen LogP contribution is -2.70. The molecule has 1 N–H and O–H groups in total. The Morgan fingerprint density at radius 1 is 0.812 bits per heavy atom. The van der Waals surface area contributed by atoms with Gasteiger partial charge in [-0.05, 0) is 0 Å². The van der Waals surface area contributed by atoms with Crippen molar-refractivity contribution < 1.29 is 0 Å². The Hall–Kier alpha value is 0.926. The van der Waals surface area contributed by atoms with Crippen LogP contribution in [0.5, 0.6) is 0 Å². The van der Waals surface area contributed by atoms with Crippen LogP contribution in [0.4, 0.5) is 0 Å². The second-order valence-electron chi connectivity index (χ2n) is 7.44. The fourth-order valence-electron chi connectivity index (χ4n) is 2.11. The number of nitrogens with zero attached hydrogens (tertiary/aromatic N) is 1. The van der Waals surface area contributed by atoms with Gasteiger partial charge in [-0.15, -0.1) is 0 Å². The summed E-state index contributed by atoms with van der Waals surface area (Å²) in [7, 11) is -4.04. The molecule has 0 rings (SSSR count). The quantitative estimate of drug-likeness (QED) is 0.779. The third-order valence-electron chi connectivity index (χ3n) is 2.22. The van der Waals surface area contributed by atoms with Crippen molar-refractivity contribution in [2.45, 2.75) is 58.9 Å². The van der Waals surface area contributed by atoms with Crippen LogP contribution in [0, 0.1) is 0 Å². The summed E-state index contributed by atoms with van der Waals surface area (Å²) in [4.78, 5) is 3.63. The smallest absolute Gasteiger partial charge is 0.360 e. The van der Waals surface area contributed by atoms with Gasteiger partial charge in [0, 0.05) is 0 Å². The first-order valence-electron chi connectivity index (χ1n) is 5.96. The second kappa shape index (κ2) is 5.28. The average molecular weight is 295 g/mol. The fraction of sp³-hybridized carbons (Fsp3) is 1.00. The Bertz CT molecular complexity index is 218. The van der Waals surface area contributed by atoms with E-state index in [4.69, 9.17) is 11.5 Å². The van der Waals surface area contributed by atoms with Crippen LogP contribution in [0.25, 0.3) is 0 Å². The van der Waals surface area contributed by atoms with Gasteiger partial charge in [0.15, 0.2) is 0 Å². The first-order valence-corrected chi connectivity index (χ1v) is 16.8. The minimum absolute atomic E-state index is 0.0185. The van der Waals surface area contributed by atoms with Crippen LogP contribution in [-0.2, 0) is 0 Å². The van der Waals surface area contributed by atoms with Gasteiger partial charge in [0.05, 0.1) is 0 Å². The zero-order valence-electron chi connectivity index (χ0n) is 12.4. The van der Waals surface area contributed by atoms with Crippen LogP contribution < -0.4 is 4.89 Å². The van der Waals surface area contributed by atoms with Crippen molar-refractivity contribution in [3.05, 3.63) is 0 Å². The van der Waals surface area contributed by atoms with Crippen LogP contribution in [0.1, 0.15) is 0 Å². The van der Waals surface area contributed by atoms with E-state index in [1.807, 2.05) is 0 Å². The predicted molar refractivity (Wildman–Crippen MR) is 86.6 cm³/mol. The molecule has 0 saturated heterocycles. The van der Waals surface area contributed by atoms with Gasteiger partial charge in [-0.25, -0.2) is 0 Å². The van der Waals surface area contributed by atoms with E-state index in [1.54, 1.807) is 0 Å². The average Bonchev–Trinajstić information content (AvgIpc) is 1.70. The molecule has 0 aromatic heterocycles. The number of nitrogens with one attached hydrogen (secondary N) is 1. The molecule has 0 aliphatic carbocycles. The molecule has 0 radical (unpaired) electrons. The third-order valence-corrected chi connectivity index (χ3v) is 11.6. The van der Waals surface area contributed by atoms with Crippen molar-refractivity contribution in [1.82, 2.24) is 9.04 Å². The monoisotopic (exact) mass is 294 g/mol. The molecule has 0 amide bonds. The van der Waals surface area contributed by atoms with E-state index in [1.165, 1.54) is 0 Å². The van der Waals surface area contributed by atoms with Gasteiger partial charge in [-0.3, -0.25) is 0 Å². The zero-order valence-corrected chi connectivity index (χ0v) is 16.2. The minimum Gasteiger partial charge on any atom is -0.360 e. The Balaban J connectivity index is 4.94. The lowest BCUT2D eigenvalue weighted by molar-refractivity contribution is 0.923. The van der Waals surface area contributed by atoms with Crippen LogP contribution >= 0.6 is 11.5 Å². The van der Waals surface area contributed by atoms with Crippen LogP contribution in [-0.4, -0.2) is 35.2 Å². The molecule has 0 aliphatic rings. The molecule has 0 unspecified atom stereocenters. The molecule has 7 heteroatoms. The molecular formula is C9H28BClN2Si3. The summed E-state index contributed by atoms with van der Waals surface area (Å²) in [5.74, 6) is 0. The summed E-state index contributed by atoms with van der Waals surface area (Å²) < 4.78 is 2.61. The summed E-state index contributed by atoms with van der Waals surface area (Å²) in [6, 6.07) is 0. The van der Waals surface area contributed by atoms with Gasteiger partial charge in [-0.1, -0.05) is 58.9 Å². The molecule has 0 heterocycles. The molecule has 0 aromatic rings. The maximum atomic E-state index is 6.62. The van der Waals surface area contributed by atoms with Crippen LogP contribution in [0.3, 0.4) is 0 Å². The maximum Gasteiger partial charge on any atom is 0.396 e. The topological polar surface area (TPSA) is 15.3 Å². The summed E-state index contributed by atoms with van der Waals surface area (Å²) >= 11 is 6.62. The molecule has 96 valence electrons. The van der Waals surface area contributed by atoms with Crippen molar-refractivity contribution in [3.8, 4) is 0 Å². The SMILES string of the molecule is C[Si](C)(C)NB(Cl)N([Si](C)(C)C)[Si](C)(C)C. The molecule has 16 heavy (non-hydrogen) atoms. The first-order chi connectivity index (χ1) is 6.75. The molecular weight excluding hydrogens is 267 g/mol. The highest BCUT2D eigenvalue weighted by Crippen LogP contribution is 2.22. The van der Waals surface area contributed by atoms with Crippen LogP contribution in [0.15, 0.2) is 0 Å². The van der Waals surface area contributed by atoms with E-state index in [0.29, 0.717) is 0 Å². The van der Waals surface area contributed by atoms with E-state index >= 15 is 0 Å². The van der Waals surface area contributed by atoms with Gasteiger partial charge < -0.3 is 9.04 Å². The van der Waals surface area contributed by atoms with Crippen molar-refractivity contribution in [3.63, 3.8) is 0 Å². The molecule has 0 saturated carbocycles. The standard InChI is InChI=1S/C9H28BClN2Si3/c1-14(2,3)12-10(11)13(15(4,5)6)16(7,8)9/h12H,1-9H3. The maximum absolute atomic E-state index is 6.62. The minimum atomic E-state index is -1.36. The molecule has 0 atom stereocenters. The first kappa shape index (κ1) is 16.9. The largest absolute Gasteiger partial charge is 0.396 e. The van der Waals surface area contributed by atoms with Gasteiger partial charge in [0.25, 0.3) is 0 Å². The van der Waals surface area contributed by atoms with E-state index < -0.39 is 24.7 Å². The van der Waals surface area contributed by atoms with Gasteiger partial charge in [-0.2, -0.15) is 11.5 Å². The van der Waals surface area contributed by atoms with E-state index in [-0.39, 0.29) is 6.40 Å². The molecule has 0 aliphatic heterocycles. The second-order valence-corrected chi connectivity index (χ2v) is 22.7. The summed E-state index contributed by atoms with van der Waals surface area (Å²) in [5.41, 5.74) is 0. The lowest BCUT2D eigenvalue weighted by Gasteiger charge is -2.46. The molecule has 0 bridgehead atoms. The fourth-order valence-corrected chi connectivity index (χ4v) is 15.5. The van der Waals surface area contributed by atoms with Crippen molar-refractivity contribution in [2.75, 3.05) is 0 Å². The predicted octanol–water partition coefficient (Wildman–Crippen LogP) is 3.61. The van der Waals surface area contributed by atoms with Crippen molar-refractivity contribution in [1.29, 1.82) is 0 Å². The highest BCUT2D eigenvalue weighted by atomic mass is 35.5. The molecule has 0 fully saturated rings. The van der Waals surface area contributed by atoms with Gasteiger partial charge >= 0.3 is 6.40 Å². The number of rotatable bonds is 5. The third kappa shape index (κ3) is 6.02. The Kier molecular flexibility index (Phi) is 5.58. The number of halogens is 1. The Morgan fingerprint density at radius 3 is 1.31 bits per heavy atom. The number of hydrogen-bond donors (Lipinski definition) is 1. The molecule has 0 aromatic carbocycles. The van der Waals surface area contributed by atoms with Gasteiger partial charge in [0.2, 0.25) is 0 Å². The van der Waals surface area contributed by atoms with E-state index in [9.17, 15) is 0 Å². The zero-order chi connectivity index (χ0) is 13.4. The van der Waals surface area contributed by atoms with Crippen LogP contribution in [0.2, 0.25) is 58.9 Å². The van der Waals surface area contributed by atoms with Crippen molar-refractivity contribution in [2.24, 2.45) is 0 Å². The summed E-state index contributed by atoms with van der Waals surface area (Å²) in [6.45, 7) is 21.2. The Labute approximate surface area is 110 Å². The Morgan fingerprint density at radius 2 is 1.12 bits per heavy atom. The molecule has 2 nitrogen and oxygen atoms in total. The normalized spacial score (nSPS) is 14.4. The highest BCUT2D eigenvalue weighted by Gasteiger charge is 2.42. The van der Waals surface area contributed by atoms with E-state index in [0.717, 1.165) is 0 Å².